The number of carboxylic acids is 1. The molecule has 84 valence electrons. The lowest BCUT2D eigenvalue weighted by atomic mass is 10.1. The zero-order valence-corrected chi connectivity index (χ0v) is 8.64. The molecule has 5 nitrogen and oxygen atoms in total. The monoisotopic (exact) mass is 221 g/mol. The molecule has 0 bridgehead atoms. The Labute approximate surface area is 92.1 Å². The molecule has 1 rings (SSSR count). The van der Waals surface area contributed by atoms with E-state index in [-0.39, 0.29) is 0 Å². The lowest BCUT2D eigenvalue weighted by Gasteiger charge is -2.05. The third-order valence-corrected chi connectivity index (χ3v) is 1.92. The van der Waals surface area contributed by atoms with Crippen LogP contribution >= 0.6 is 0 Å². The molecule has 0 spiro atoms. The van der Waals surface area contributed by atoms with Crippen molar-refractivity contribution in [1.82, 2.24) is 0 Å². The summed E-state index contributed by atoms with van der Waals surface area (Å²) in [6.07, 6.45) is 0. The molecule has 5 heteroatoms. The zero-order chi connectivity index (χ0) is 12.1. The average molecular weight is 221 g/mol. The average Bonchev–Trinajstić information content (AvgIpc) is 2.29. The summed E-state index contributed by atoms with van der Waals surface area (Å²) in [6.45, 7) is 0. The molecule has 0 radical (unpaired) electrons. The van der Waals surface area contributed by atoms with E-state index in [0.717, 1.165) is 7.11 Å². The van der Waals surface area contributed by atoms with Gasteiger partial charge in [0.15, 0.2) is 0 Å². The first-order chi connectivity index (χ1) is 7.57. The van der Waals surface area contributed by atoms with Gasteiger partial charge in [0.25, 0.3) is 0 Å². The van der Waals surface area contributed by atoms with Gasteiger partial charge in [0.05, 0.1) is 7.11 Å². The minimum Gasteiger partial charge on any atom is -0.488 e. The van der Waals surface area contributed by atoms with E-state index < -0.39 is 23.2 Å². The summed E-state index contributed by atoms with van der Waals surface area (Å²) in [7, 11) is 1.15. The summed E-state index contributed by atoms with van der Waals surface area (Å²) in [5.41, 5.74) is 5.33. The second-order valence-electron chi connectivity index (χ2n) is 2.95. The first-order valence-corrected chi connectivity index (χ1v) is 4.44. The number of rotatable bonds is 4. The van der Waals surface area contributed by atoms with Crippen molar-refractivity contribution in [3.8, 4) is 0 Å². The molecule has 0 fully saturated rings. The topological polar surface area (TPSA) is 89.6 Å². The van der Waals surface area contributed by atoms with Crippen LogP contribution in [0.4, 0.5) is 0 Å². The van der Waals surface area contributed by atoms with Crippen LogP contribution in [0.2, 0.25) is 0 Å². The highest BCUT2D eigenvalue weighted by Gasteiger charge is 2.19. The van der Waals surface area contributed by atoms with E-state index in [2.05, 4.69) is 4.74 Å². The van der Waals surface area contributed by atoms with Gasteiger partial charge in [0, 0.05) is 5.56 Å². The summed E-state index contributed by atoms with van der Waals surface area (Å²) in [4.78, 5) is 22.4. The Balaban J connectivity index is 3.11. The van der Waals surface area contributed by atoms with E-state index >= 15 is 0 Å². The van der Waals surface area contributed by atoms with Gasteiger partial charge in [0.1, 0.15) is 5.70 Å². The second kappa shape index (κ2) is 4.97. The van der Waals surface area contributed by atoms with Crippen LogP contribution in [0, 0.1) is 0 Å². The standard InChI is InChI=1S/C11H11NO4/c1-16-10(11(14)15)8(12)9(13)7-5-3-2-4-6-7/h2-6H,12H2,1H3,(H,14,15). The van der Waals surface area contributed by atoms with Gasteiger partial charge >= 0.3 is 5.97 Å². The quantitative estimate of drug-likeness (QED) is 0.445. The Kier molecular flexibility index (Phi) is 3.66. The van der Waals surface area contributed by atoms with Gasteiger partial charge < -0.3 is 15.6 Å². The molecule has 0 unspecified atom stereocenters. The van der Waals surface area contributed by atoms with Gasteiger partial charge in [-0.05, 0) is 0 Å². The molecular weight excluding hydrogens is 210 g/mol. The van der Waals surface area contributed by atoms with Crippen LogP contribution in [0.25, 0.3) is 0 Å². The molecule has 0 atom stereocenters. The fourth-order valence-electron chi connectivity index (χ4n) is 1.16. The van der Waals surface area contributed by atoms with E-state index in [1.807, 2.05) is 0 Å². The number of aliphatic carboxylic acids is 1. The Morgan fingerprint density at radius 1 is 1.25 bits per heavy atom. The van der Waals surface area contributed by atoms with Crippen molar-refractivity contribution in [2.45, 2.75) is 0 Å². The predicted molar refractivity (Wildman–Crippen MR) is 56.6 cm³/mol. The highest BCUT2D eigenvalue weighted by atomic mass is 16.5. The number of ketones is 1. The summed E-state index contributed by atoms with van der Waals surface area (Å²) in [5, 5.41) is 8.72. The van der Waals surface area contributed by atoms with Crippen molar-refractivity contribution in [1.29, 1.82) is 0 Å². The summed E-state index contributed by atoms with van der Waals surface area (Å²) >= 11 is 0. The molecular formula is C11H11NO4. The molecule has 16 heavy (non-hydrogen) atoms. The number of nitrogens with two attached hydrogens (primary N) is 1. The van der Waals surface area contributed by atoms with Gasteiger partial charge in [-0.25, -0.2) is 4.79 Å². The number of methoxy groups -OCH3 is 1. The number of Topliss-reactive ketones (excluding diaryl/α,β-unsaturated/α-hetero) is 1. The number of carbonyl (C=O) groups excluding carboxylic acids is 1. The van der Waals surface area contributed by atoms with Gasteiger partial charge in [-0.1, -0.05) is 30.3 Å². The number of benzene rings is 1. The number of hydrogen-bond acceptors (Lipinski definition) is 4. The fraction of sp³-hybridized carbons (Fsp3) is 0.0909. The van der Waals surface area contributed by atoms with Crippen molar-refractivity contribution >= 4 is 11.8 Å². The highest BCUT2D eigenvalue weighted by Crippen LogP contribution is 2.09. The molecule has 0 aromatic heterocycles. The van der Waals surface area contributed by atoms with Crippen molar-refractivity contribution in [2.75, 3.05) is 7.11 Å². The van der Waals surface area contributed by atoms with Crippen LogP contribution in [0.15, 0.2) is 41.8 Å². The minimum absolute atomic E-state index is 0.316. The maximum absolute atomic E-state index is 11.7. The number of allylic oxidation sites excluding steroid dienone is 1. The van der Waals surface area contributed by atoms with Crippen molar-refractivity contribution in [3.63, 3.8) is 0 Å². The largest absolute Gasteiger partial charge is 0.488 e. The lowest BCUT2D eigenvalue weighted by molar-refractivity contribution is -0.136. The molecule has 0 amide bonds. The van der Waals surface area contributed by atoms with Crippen LogP contribution < -0.4 is 5.73 Å². The van der Waals surface area contributed by atoms with Gasteiger partial charge in [0.2, 0.25) is 11.5 Å². The molecule has 1 aromatic rings. The number of carbonyl (C=O) groups is 2. The van der Waals surface area contributed by atoms with Crippen molar-refractivity contribution < 1.29 is 19.4 Å². The van der Waals surface area contributed by atoms with Crippen LogP contribution in [0.3, 0.4) is 0 Å². The van der Waals surface area contributed by atoms with E-state index in [1.165, 1.54) is 0 Å². The molecule has 0 saturated carbocycles. The van der Waals surface area contributed by atoms with Crippen LogP contribution in [-0.4, -0.2) is 24.0 Å². The smallest absolute Gasteiger partial charge is 0.373 e. The third kappa shape index (κ3) is 2.38. The Bertz CT molecular complexity index is 437. The zero-order valence-electron chi connectivity index (χ0n) is 8.64. The lowest BCUT2D eigenvalue weighted by Crippen LogP contribution is -2.19. The number of ether oxygens (including phenoxy) is 1. The van der Waals surface area contributed by atoms with Gasteiger partial charge in [-0.3, -0.25) is 4.79 Å². The highest BCUT2D eigenvalue weighted by molar-refractivity contribution is 6.11. The van der Waals surface area contributed by atoms with Crippen molar-refractivity contribution in [2.24, 2.45) is 5.73 Å². The van der Waals surface area contributed by atoms with Crippen LogP contribution in [0.5, 0.6) is 0 Å². The molecule has 0 aliphatic carbocycles. The summed E-state index contributed by atoms with van der Waals surface area (Å²) < 4.78 is 4.55. The Hall–Kier alpha value is -2.30. The first kappa shape index (κ1) is 11.8. The van der Waals surface area contributed by atoms with E-state index in [4.69, 9.17) is 10.8 Å². The SMILES string of the molecule is COC(C(=O)O)=C(N)C(=O)c1ccccc1. The Morgan fingerprint density at radius 3 is 2.25 bits per heavy atom. The van der Waals surface area contributed by atoms with E-state index in [0.29, 0.717) is 5.56 Å². The maximum atomic E-state index is 11.7. The van der Waals surface area contributed by atoms with Crippen LogP contribution in [-0.2, 0) is 9.53 Å². The van der Waals surface area contributed by atoms with Crippen LogP contribution in [0.1, 0.15) is 10.4 Å². The number of hydrogen-bond donors (Lipinski definition) is 2. The maximum Gasteiger partial charge on any atom is 0.373 e. The van der Waals surface area contributed by atoms with E-state index in [9.17, 15) is 9.59 Å². The molecule has 0 saturated heterocycles. The third-order valence-electron chi connectivity index (χ3n) is 1.92. The normalized spacial score (nSPS) is 11.6. The predicted octanol–water partition coefficient (Wildman–Crippen LogP) is 0.771. The summed E-state index contributed by atoms with van der Waals surface area (Å²) in [5.74, 6) is -2.49. The summed E-state index contributed by atoms with van der Waals surface area (Å²) in [6, 6.07) is 8.15. The van der Waals surface area contributed by atoms with Gasteiger partial charge in [-0.15, -0.1) is 0 Å². The minimum atomic E-state index is -1.37. The van der Waals surface area contributed by atoms with Crippen molar-refractivity contribution in [3.05, 3.63) is 47.4 Å². The molecule has 0 heterocycles. The second-order valence-corrected chi connectivity index (χ2v) is 2.95. The van der Waals surface area contributed by atoms with Gasteiger partial charge in [-0.2, -0.15) is 0 Å². The number of carboxylic acid groups (broad SMARTS) is 1. The Morgan fingerprint density at radius 2 is 1.81 bits per heavy atom. The molecule has 1 aromatic carbocycles. The molecule has 3 N–H and O–H groups in total. The molecule has 0 aliphatic rings. The molecule has 0 aliphatic heterocycles. The van der Waals surface area contributed by atoms with E-state index in [1.54, 1.807) is 30.3 Å². The first-order valence-electron chi connectivity index (χ1n) is 4.44. The fourth-order valence-corrected chi connectivity index (χ4v) is 1.16.